The lowest BCUT2D eigenvalue weighted by atomic mass is 10.2. The first kappa shape index (κ1) is 13.5. The molecule has 0 saturated carbocycles. The van der Waals surface area contributed by atoms with Crippen molar-refractivity contribution in [3.63, 3.8) is 0 Å². The summed E-state index contributed by atoms with van der Waals surface area (Å²) in [5.41, 5.74) is 7.14. The van der Waals surface area contributed by atoms with Gasteiger partial charge in [-0.3, -0.25) is 0 Å². The van der Waals surface area contributed by atoms with E-state index in [0.29, 0.717) is 24.5 Å². The average molecular weight is 239 g/mol. The van der Waals surface area contributed by atoms with Crippen LogP contribution in [0.4, 0.5) is 5.82 Å². The first-order valence-corrected chi connectivity index (χ1v) is 6.17. The van der Waals surface area contributed by atoms with E-state index in [2.05, 4.69) is 12.0 Å². The van der Waals surface area contributed by atoms with E-state index in [4.69, 9.17) is 10.5 Å². The Bertz CT molecular complexity index is 385. The Kier molecular flexibility index (Phi) is 5.00. The maximum Gasteiger partial charge on any atom is 0.359 e. The van der Waals surface area contributed by atoms with Crippen LogP contribution in [0, 0.1) is 0 Å². The van der Waals surface area contributed by atoms with Crippen LogP contribution < -0.4 is 5.73 Å². The van der Waals surface area contributed by atoms with E-state index in [1.165, 1.54) is 0 Å². The summed E-state index contributed by atoms with van der Waals surface area (Å²) >= 11 is 0. The van der Waals surface area contributed by atoms with Crippen molar-refractivity contribution in [2.24, 2.45) is 0 Å². The molecule has 0 aromatic carbocycles. The third-order valence-corrected chi connectivity index (χ3v) is 2.64. The second-order valence-electron chi connectivity index (χ2n) is 3.86. The molecule has 0 atom stereocenters. The van der Waals surface area contributed by atoms with Gasteiger partial charge in [0.1, 0.15) is 5.82 Å². The topological polar surface area (TPSA) is 70.1 Å². The lowest BCUT2D eigenvalue weighted by Gasteiger charge is -2.02. The minimum atomic E-state index is -0.383. The molecule has 5 nitrogen and oxygen atoms in total. The fourth-order valence-electron chi connectivity index (χ4n) is 1.70. The number of nitrogens with zero attached hydrogens (tertiary/aromatic N) is 2. The summed E-state index contributed by atoms with van der Waals surface area (Å²) in [6.45, 7) is 6.94. The van der Waals surface area contributed by atoms with Gasteiger partial charge >= 0.3 is 5.97 Å². The minimum absolute atomic E-state index is 0.351. The maximum absolute atomic E-state index is 11.7. The molecule has 1 heterocycles. The highest BCUT2D eigenvalue weighted by molar-refractivity contribution is 5.90. The zero-order valence-electron chi connectivity index (χ0n) is 10.8. The van der Waals surface area contributed by atoms with Crippen LogP contribution in [0.1, 0.15) is 49.7 Å². The maximum atomic E-state index is 11.7. The van der Waals surface area contributed by atoms with E-state index < -0.39 is 0 Å². The Hall–Kier alpha value is -1.52. The molecule has 1 rings (SSSR count). The molecule has 0 saturated heterocycles. The van der Waals surface area contributed by atoms with Crippen LogP contribution in [0.5, 0.6) is 0 Å². The molecule has 0 bridgehead atoms. The van der Waals surface area contributed by atoms with Crippen molar-refractivity contribution >= 4 is 11.8 Å². The molecular weight excluding hydrogens is 218 g/mol. The van der Waals surface area contributed by atoms with Gasteiger partial charge in [0.2, 0.25) is 0 Å². The first-order valence-electron chi connectivity index (χ1n) is 6.17. The van der Waals surface area contributed by atoms with Gasteiger partial charge in [-0.25, -0.2) is 9.48 Å². The molecule has 5 heteroatoms. The molecule has 0 aliphatic rings. The van der Waals surface area contributed by atoms with Crippen molar-refractivity contribution in [1.82, 2.24) is 9.78 Å². The number of nitrogens with two attached hydrogens (primary N) is 1. The van der Waals surface area contributed by atoms with Gasteiger partial charge in [0.15, 0.2) is 5.69 Å². The van der Waals surface area contributed by atoms with Crippen LogP contribution in [0.25, 0.3) is 0 Å². The Morgan fingerprint density at radius 2 is 2.12 bits per heavy atom. The zero-order chi connectivity index (χ0) is 12.8. The third kappa shape index (κ3) is 2.99. The van der Waals surface area contributed by atoms with Gasteiger partial charge in [-0.1, -0.05) is 20.3 Å². The van der Waals surface area contributed by atoms with E-state index in [1.54, 1.807) is 11.6 Å². The van der Waals surface area contributed by atoms with Gasteiger partial charge in [-0.2, -0.15) is 5.10 Å². The van der Waals surface area contributed by atoms with Crippen LogP contribution in [0.3, 0.4) is 0 Å². The molecule has 2 N–H and O–H groups in total. The van der Waals surface area contributed by atoms with Crippen molar-refractivity contribution in [3.8, 4) is 0 Å². The molecule has 1 aromatic heterocycles. The van der Waals surface area contributed by atoms with Crippen LogP contribution in [0.2, 0.25) is 0 Å². The van der Waals surface area contributed by atoms with Gasteiger partial charge in [-0.05, 0) is 19.8 Å². The lowest BCUT2D eigenvalue weighted by Crippen LogP contribution is -2.09. The highest BCUT2D eigenvalue weighted by atomic mass is 16.5. The van der Waals surface area contributed by atoms with Gasteiger partial charge in [0, 0.05) is 12.1 Å². The van der Waals surface area contributed by atoms with Crippen LogP contribution >= 0.6 is 0 Å². The number of carbonyl (C=O) groups is 1. The summed E-state index contributed by atoms with van der Waals surface area (Å²) in [5.74, 6) is 0.204. The molecule has 0 unspecified atom stereocenters. The number of aryl methyl sites for hydroxylation is 1. The molecule has 1 aromatic rings. The van der Waals surface area contributed by atoms with Gasteiger partial charge in [0.05, 0.1) is 6.61 Å². The number of ether oxygens (including phenoxy) is 1. The van der Waals surface area contributed by atoms with Gasteiger partial charge in [0.25, 0.3) is 0 Å². The highest BCUT2D eigenvalue weighted by Crippen LogP contribution is 2.19. The molecule has 17 heavy (non-hydrogen) atoms. The molecule has 0 aliphatic heterocycles. The predicted molar refractivity (Wildman–Crippen MR) is 66.9 cm³/mol. The number of esters is 1. The summed E-state index contributed by atoms with van der Waals surface area (Å²) in [7, 11) is 0. The zero-order valence-corrected chi connectivity index (χ0v) is 10.8. The minimum Gasteiger partial charge on any atom is -0.461 e. The van der Waals surface area contributed by atoms with Gasteiger partial charge in [-0.15, -0.1) is 0 Å². The second-order valence-corrected chi connectivity index (χ2v) is 3.86. The summed E-state index contributed by atoms with van der Waals surface area (Å²) < 4.78 is 6.68. The Balaban J connectivity index is 3.00. The van der Waals surface area contributed by atoms with Crippen molar-refractivity contribution in [1.29, 1.82) is 0 Å². The molecule has 96 valence electrons. The molecule has 0 fully saturated rings. The lowest BCUT2D eigenvalue weighted by molar-refractivity contribution is 0.0517. The Morgan fingerprint density at radius 1 is 1.41 bits per heavy atom. The van der Waals surface area contributed by atoms with Crippen LogP contribution in [0.15, 0.2) is 0 Å². The summed E-state index contributed by atoms with van der Waals surface area (Å²) in [6, 6.07) is 0. The number of carbonyl (C=O) groups excluding carboxylic acids is 1. The number of unbranched alkanes of at least 4 members (excludes halogenated alkanes) is 1. The number of aromatic nitrogens is 2. The van der Waals surface area contributed by atoms with E-state index >= 15 is 0 Å². The predicted octanol–water partition coefficient (Wildman–Crippen LogP) is 2.00. The molecule has 0 amide bonds. The Morgan fingerprint density at radius 3 is 2.65 bits per heavy atom. The third-order valence-electron chi connectivity index (χ3n) is 2.64. The summed E-state index contributed by atoms with van der Waals surface area (Å²) in [6.07, 6.45) is 2.75. The SMILES string of the molecule is CCCCn1nc(C(=O)OCC)c(CC)c1N. The van der Waals surface area contributed by atoms with E-state index in [0.717, 1.165) is 24.9 Å². The largest absolute Gasteiger partial charge is 0.461 e. The number of hydrogen-bond donors (Lipinski definition) is 1. The highest BCUT2D eigenvalue weighted by Gasteiger charge is 2.20. The van der Waals surface area contributed by atoms with E-state index in [9.17, 15) is 4.79 Å². The molecule has 0 spiro atoms. The van der Waals surface area contributed by atoms with Crippen molar-refractivity contribution < 1.29 is 9.53 Å². The fraction of sp³-hybridized carbons (Fsp3) is 0.667. The number of anilines is 1. The second kappa shape index (κ2) is 6.27. The van der Waals surface area contributed by atoms with Gasteiger partial charge < -0.3 is 10.5 Å². The smallest absolute Gasteiger partial charge is 0.359 e. The standard InChI is InChI=1S/C12H21N3O2/c1-4-7-8-15-11(13)9(5-2)10(14-15)12(16)17-6-3/h4-8,13H2,1-3H3. The van der Waals surface area contributed by atoms with E-state index in [-0.39, 0.29) is 5.97 Å². The summed E-state index contributed by atoms with van der Waals surface area (Å²) in [5, 5.41) is 4.25. The van der Waals surface area contributed by atoms with Crippen LogP contribution in [-0.2, 0) is 17.7 Å². The molecular formula is C12H21N3O2. The average Bonchev–Trinajstić information content (AvgIpc) is 2.63. The first-order chi connectivity index (χ1) is 8.15. The molecule has 0 aliphatic carbocycles. The van der Waals surface area contributed by atoms with E-state index in [1.807, 2.05) is 6.92 Å². The monoisotopic (exact) mass is 239 g/mol. The normalized spacial score (nSPS) is 10.5. The molecule has 0 radical (unpaired) electrons. The van der Waals surface area contributed by atoms with Crippen LogP contribution in [-0.4, -0.2) is 22.4 Å². The fourth-order valence-corrected chi connectivity index (χ4v) is 1.70. The number of hydrogen-bond acceptors (Lipinski definition) is 4. The quantitative estimate of drug-likeness (QED) is 0.771. The van der Waals surface area contributed by atoms with Crippen molar-refractivity contribution in [2.45, 2.75) is 46.6 Å². The van der Waals surface area contributed by atoms with Crippen molar-refractivity contribution in [2.75, 3.05) is 12.3 Å². The van der Waals surface area contributed by atoms with Crippen molar-refractivity contribution in [3.05, 3.63) is 11.3 Å². The number of nitrogen functional groups attached to an aromatic ring is 1. The summed E-state index contributed by atoms with van der Waals surface area (Å²) in [4.78, 5) is 11.7. The number of rotatable bonds is 6. The Labute approximate surface area is 102 Å².